The topological polar surface area (TPSA) is 32.7 Å². The van der Waals surface area contributed by atoms with Gasteiger partial charge in [0.25, 0.3) is 0 Å². The SMILES string of the molecule is CN(CCOCC1CC1)CCC(O)c1cc(F)cc(F)c1. The molecule has 0 bridgehead atoms. The van der Waals surface area contributed by atoms with Crippen molar-refractivity contribution < 1.29 is 18.6 Å². The highest BCUT2D eigenvalue weighted by Gasteiger charge is 2.21. The first kappa shape index (κ1) is 16.3. The molecule has 1 aliphatic rings. The van der Waals surface area contributed by atoms with Crippen LogP contribution in [0.3, 0.4) is 0 Å². The average molecular weight is 299 g/mol. The van der Waals surface area contributed by atoms with Gasteiger partial charge in [-0.05, 0) is 49.9 Å². The molecule has 0 amide bonds. The van der Waals surface area contributed by atoms with Crippen LogP contribution in [0.2, 0.25) is 0 Å². The zero-order valence-electron chi connectivity index (χ0n) is 12.4. The Hall–Kier alpha value is -1.04. The Balaban J connectivity index is 1.65. The highest BCUT2D eigenvalue weighted by molar-refractivity contribution is 5.20. The summed E-state index contributed by atoms with van der Waals surface area (Å²) in [6.45, 7) is 2.96. The van der Waals surface area contributed by atoms with Crippen molar-refractivity contribution in [3.63, 3.8) is 0 Å². The number of nitrogens with zero attached hydrogens (tertiary/aromatic N) is 1. The summed E-state index contributed by atoms with van der Waals surface area (Å²) < 4.78 is 31.7. The van der Waals surface area contributed by atoms with Crippen LogP contribution in [0, 0.1) is 17.6 Å². The van der Waals surface area contributed by atoms with Gasteiger partial charge in [-0.15, -0.1) is 0 Å². The van der Waals surface area contributed by atoms with E-state index in [0.717, 1.165) is 25.1 Å². The Kier molecular flexibility index (Phi) is 6.08. The lowest BCUT2D eigenvalue weighted by Gasteiger charge is -2.19. The highest BCUT2D eigenvalue weighted by atomic mass is 19.1. The number of halogens is 2. The Morgan fingerprint density at radius 1 is 1.24 bits per heavy atom. The van der Waals surface area contributed by atoms with Crippen LogP contribution in [0.15, 0.2) is 18.2 Å². The van der Waals surface area contributed by atoms with Gasteiger partial charge in [0.1, 0.15) is 11.6 Å². The summed E-state index contributed by atoms with van der Waals surface area (Å²) in [6, 6.07) is 3.15. The van der Waals surface area contributed by atoms with E-state index in [1.165, 1.54) is 25.0 Å². The van der Waals surface area contributed by atoms with Gasteiger partial charge in [0.15, 0.2) is 0 Å². The third kappa shape index (κ3) is 6.08. The van der Waals surface area contributed by atoms with Crippen molar-refractivity contribution in [1.29, 1.82) is 0 Å². The predicted molar refractivity (Wildman–Crippen MR) is 77.0 cm³/mol. The zero-order chi connectivity index (χ0) is 15.2. The third-order valence-corrected chi connectivity index (χ3v) is 3.72. The van der Waals surface area contributed by atoms with Gasteiger partial charge in [0.2, 0.25) is 0 Å². The predicted octanol–water partition coefficient (Wildman–Crippen LogP) is 2.75. The number of rotatable bonds is 9. The molecule has 0 aliphatic heterocycles. The quantitative estimate of drug-likeness (QED) is 0.712. The molecule has 5 heteroatoms. The van der Waals surface area contributed by atoms with E-state index in [0.29, 0.717) is 19.6 Å². The normalized spacial score (nSPS) is 16.4. The van der Waals surface area contributed by atoms with Crippen LogP contribution in [0.25, 0.3) is 0 Å². The second-order valence-electron chi connectivity index (χ2n) is 5.83. The molecule has 0 spiro atoms. The molecule has 2 rings (SSSR count). The zero-order valence-corrected chi connectivity index (χ0v) is 12.4. The van der Waals surface area contributed by atoms with Gasteiger partial charge in [0, 0.05) is 25.8 Å². The fraction of sp³-hybridized carbons (Fsp3) is 0.625. The molecule has 3 nitrogen and oxygen atoms in total. The minimum Gasteiger partial charge on any atom is -0.388 e. The van der Waals surface area contributed by atoms with Crippen LogP contribution in [-0.2, 0) is 4.74 Å². The van der Waals surface area contributed by atoms with E-state index in [2.05, 4.69) is 0 Å². The van der Waals surface area contributed by atoms with Gasteiger partial charge in [-0.1, -0.05) is 0 Å². The monoisotopic (exact) mass is 299 g/mol. The molecule has 1 saturated carbocycles. The molecule has 1 fully saturated rings. The summed E-state index contributed by atoms with van der Waals surface area (Å²) in [5, 5.41) is 9.98. The van der Waals surface area contributed by atoms with Crippen LogP contribution in [0.5, 0.6) is 0 Å². The number of aliphatic hydroxyl groups is 1. The minimum atomic E-state index is -0.856. The van der Waals surface area contributed by atoms with Gasteiger partial charge in [0.05, 0.1) is 12.7 Å². The second kappa shape index (κ2) is 7.82. The Bertz CT molecular complexity index is 432. The van der Waals surface area contributed by atoms with Gasteiger partial charge in [-0.25, -0.2) is 8.78 Å². The maximum Gasteiger partial charge on any atom is 0.126 e. The molecule has 1 aliphatic carbocycles. The fourth-order valence-corrected chi connectivity index (χ4v) is 2.14. The maximum absolute atomic E-state index is 13.1. The molecule has 21 heavy (non-hydrogen) atoms. The largest absolute Gasteiger partial charge is 0.388 e. The minimum absolute atomic E-state index is 0.283. The van der Waals surface area contributed by atoms with Gasteiger partial charge in [-0.2, -0.15) is 0 Å². The number of aliphatic hydroxyl groups excluding tert-OH is 1. The van der Waals surface area contributed by atoms with Crippen molar-refractivity contribution in [2.75, 3.05) is 33.4 Å². The summed E-state index contributed by atoms with van der Waals surface area (Å²) in [5.41, 5.74) is 0.283. The number of hydrogen-bond acceptors (Lipinski definition) is 3. The second-order valence-corrected chi connectivity index (χ2v) is 5.83. The van der Waals surface area contributed by atoms with Gasteiger partial charge < -0.3 is 14.7 Å². The smallest absolute Gasteiger partial charge is 0.126 e. The Morgan fingerprint density at radius 2 is 1.90 bits per heavy atom. The van der Waals surface area contributed by atoms with Crippen molar-refractivity contribution in [3.05, 3.63) is 35.4 Å². The highest BCUT2D eigenvalue weighted by Crippen LogP contribution is 2.28. The lowest BCUT2D eigenvalue weighted by Crippen LogP contribution is -2.25. The molecule has 1 atom stereocenters. The number of likely N-dealkylation sites (N-methyl/N-ethyl adjacent to an activating group) is 1. The van der Waals surface area contributed by atoms with E-state index in [-0.39, 0.29) is 5.56 Å². The molecule has 0 saturated heterocycles. The first-order valence-electron chi connectivity index (χ1n) is 7.45. The van der Waals surface area contributed by atoms with Crippen LogP contribution in [0.1, 0.15) is 30.9 Å². The van der Waals surface area contributed by atoms with Crippen LogP contribution < -0.4 is 0 Å². The van der Waals surface area contributed by atoms with E-state index in [9.17, 15) is 13.9 Å². The van der Waals surface area contributed by atoms with Crippen molar-refractivity contribution in [2.24, 2.45) is 5.92 Å². The van der Waals surface area contributed by atoms with E-state index in [1.807, 2.05) is 11.9 Å². The molecule has 0 heterocycles. The number of ether oxygens (including phenoxy) is 1. The van der Waals surface area contributed by atoms with E-state index in [1.54, 1.807) is 0 Å². The molecular formula is C16H23F2NO2. The van der Waals surface area contributed by atoms with Crippen LogP contribution in [0.4, 0.5) is 8.78 Å². The van der Waals surface area contributed by atoms with Crippen molar-refractivity contribution in [2.45, 2.75) is 25.4 Å². The van der Waals surface area contributed by atoms with Crippen molar-refractivity contribution >= 4 is 0 Å². The third-order valence-electron chi connectivity index (χ3n) is 3.72. The summed E-state index contributed by atoms with van der Waals surface area (Å²) in [6.07, 6.45) is 2.14. The summed E-state index contributed by atoms with van der Waals surface area (Å²) >= 11 is 0. The molecule has 0 aromatic heterocycles. The first-order chi connectivity index (χ1) is 10.0. The molecule has 0 radical (unpaired) electrons. The molecule has 1 aromatic rings. The molecule has 1 aromatic carbocycles. The lowest BCUT2D eigenvalue weighted by molar-refractivity contribution is 0.0947. The maximum atomic E-state index is 13.1. The number of benzene rings is 1. The fourth-order valence-electron chi connectivity index (χ4n) is 2.14. The van der Waals surface area contributed by atoms with Gasteiger partial charge in [-0.3, -0.25) is 0 Å². The Labute approximate surface area is 124 Å². The lowest BCUT2D eigenvalue weighted by atomic mass is 10.1. The molecule has 1 unspecified atom stereocenters. The first-order valence-corrected chi connectivity index (χ1v) is 7.45. The van der Waals surface area contributed by atoms with E-state index >= 15 is 0 Å². The van der Waals surface area contributed by atoms with Crippen molar-refractivity contribution in [1.82, 2.24) is 4.90 Å². The van der Waals surface area contributed by atoms with Crippen LogP contribution >= 0.6 is 0 Å². The standard InChI is InChI=1S/C16H23F2NO2/c1-19(6-7-21-11-12-2-3-12)5-4-16(20)13-8-14(17)10-15(18)9-13/h8-10,12,16,20H,2-7,11H2,1H3. The van der Waals surface area contributed by atoms with Crippen LogP contribution in [-0.4, -0.2) is 43.4 Å². The Morgan fingerprint density at radius 3 is 2.52 bits per heavy atom. The molecule has 1 N–H and O–H groups in total. The molecular weight excluding hydrogens is 276 g/mol. The summed E-state index contributed by atoms with van der Waals surface area (Å²) in [4.78, 5) is 2.05. The summed E-state index contributed by atoms with van der Waals surface area (Å²) in [5.74, 6) is -0.559. The number of hydrogen-bond donors (Lipinski definition) is 1. The van der Waals surface area contributed by atoms with Gasteiger partial charge >= 0.3 is 0 Å². The van der Waals surface area contributed by atoms with E-state index in [4.69, 9.17) is 4.74 Å². The summed E-state index contributed by atoms with van der Waals surface area (Å²) in [7, 11) is 1.94. The van der Waals surface area contributed by atoms with Crippen molar-refractivity contribution in [3.8, 4) is 0 Å². The van der Waals surface area contributed by atoms with E-state index < -0.39 is 17.7 Å². The average Bonchev–Trinajstić information content (AvgIpc) is 3.24. The molecule has 118 valence electrons.